The highest BCUT2D eigenvalue weighted by atomic mass is 35.5. The Balaban J connectivity index is 1.95. The number of phenolic OH excluding ortho intramolecular Hbond substituents is 1. The van der Waals surface area contributed by atoms with Crippen LogP contribution in [-0.4, -0.2) is 72.6 Å². The third kappa shape index (κ3) is 5.11. The first-order valence-corrected chi connectivity index (χ1v) is 8.09. The van der Waals surface area contributed by atoms with Gasteiger partial charge in [-0.05, 0) is 24.6 Å². The number of ether oxygens (including phenoxy) is 1. The molecule has 0 unspecified atom stereocenters. The van der Waals surface area contributed by atoms with Gasteiger partial charge >= 0.3 is 0 Å². The summed E-state index contributed by atoms with van der Waals surface area (Å²) in [5, 5.41) is 20.1. The number of rotatable bonds is 7. The lowest BCUT2D eigenvalue weighted by atomic mass is 10.1. The van der Waals surface area contributed by atoms with Crippen molar-refractivity contribution in [2.24, 2.45) is 0 Å². The summed E-state index contributed by atoms with van der Waals surface area (Å²) in [5.41, 5.74) is 1.58. The van der Waals surface area contributed by atoms with Crippen molar-refractivity contribution in [3.63, 3.8) is 0 Å². The molecule has 0 amide bonds. The number of benzene rings is 1. The average molecular weight is 329 g/mol. The van der Waals surface area contributed by atoms with Gasteiger partial charge in [-0.1, -0.05) is 11.6 Å². The van der Waals surface area contributed by atoms with Crippen LogP contribution < -0.4 is 0 Å². The second-order valence-corrected chi connectivity index (χ2v) is 6.12. The maximum Gasteiger partial charge on any atom is 0.123 e. The van der Waals surface area contributed by atoms with Crippen LogP contribution in [0.4, 0.5) is 0 Å². The largest absolute Gasteiger partial charge is 0.507 e. The molecular formula is C16H25ClN2O3. The zero-order valence-electron chi connectivity index (χ0n) is 13.1. The Hall–Kier alpha value is -0.850. The summed E-state index contributed by atoms with van der Waals surface area (Å²) in [4.78, 5) is 4.50. The minimum atomic E-state index is 0.101. The van der Waals surface area contributed by atoms with Crippen LogP contribution in [0.1, 0.15) is 11.1 Å². The fourth-order valence-electron chi connectivity index (χ4n) is 2.69. The molecule has 6 heteroatoms. The Morgan fingerprint density at radius 3 is 2.68 bits per heavy atom. The molecule has 1 fully saturated rings. The number of aromatic hydroxyl groups is 1. The van der Waals surface area contributed by atoms with E-state index in [9.17, 15) is 10.2 Å². The summed E-state index contributed by atoms with van der Waals surface area (Å²) in [7, 11) is 0. The SMILES string of the molecule is Cc1cc(Cl)cc(CN(CCO)CCN2CCOCC2)c1O. The lowest BCUT2D eigenvalue weighted by Gasteiger charge is -2.30. The van der Waals surface area contributed by atoms with Crippen LogP contribution in [0.25, 0.3) is 0 Å². The van der Waals surface area contributed by atoms with Crippen LogP contribution in [-0.2, 0) is 11.3 Å². The molecule has 1 aromatic rings. The summed E-state index contributed by atoms with van der Waals surface area (Å²) in [6, 6.07) is 3.55. The predicted molar refractivity (Wildman–Crippen MR) is 87.5 cm³/mol. The molecule has 0 saturated carbocycles. The van der Waals surface area contributed by atoms with Gasteiger partial charge < -0.3 is 14.9 Å². The molecule has 2 N–H and O–H groups in total. The van der Waals surface area contributed by atoms with Gasteiger partial charge in [-0.15, -0.1) is 0 Å². The lowest BCUT2D eigenvalue weighted by Crippen LogP contribution is -2.41. The van der Waals surface area contributed by atoms with E-state index in [1.54, 1.807) is 12.1 Å². The van der Waals surface area contributed by atoms with Gasteiger partial charge in [0.15, 0.2) is 0 Å². The Labute approximate surface area is 137 Å². The minimum Gasteiger partial charge on any atom is -0.507 e. The van der Waals surface area contributed by atoms with Crippen LogP contribution in [0.5, 0.6) is 5.75 Å². The highest BCUT2D eigenvalue weighted by Crippen LogP contribution is 2.27. The quantitative estimate of drug-likeness (QED) is 0.794. The summed E-state index contributed by atoms with van der Waals surface area (Å²) >= 11 is 6.08. The summed E-state index contributed by atoms with van der Waals surface area (Å²) in [5.74, 6) is 0.290. The number of hydrogen-bond donors (Lipinski definition) is 2. The standard InChI is InChI=1S/C16H25ClN2O3/c1-13-10-15(17)11-14(16(13)21)12-19(4-7-20)3-2-18-5-8-22-9-6-18/h10-11,20-21H,2-9,12H2,1H3. The normalized spacial score (nSPS) is 16.4. The highest BCUT2D eigenvalue weighted by molar-refractivity contribution is 6.30. The number of aryl methyl sites for hydroxylation is 1. The number of aliphatic hydroxyl groups excluding tert-OH is 1. The smallest absolute Gasteiger partial charge is 0.123 e. The zero-order valence-corrected chi connectivity index (χ0v) is 13.8. The molecular weight excluding hydrogens is 304 g/mol. The van der Waals surface area contributed by atoms with Crippen molar-refractivity contribution in [3.05, 3.63) is 28.3 Å². The molecule has 1 saturated heterocycles. The van der Waals surface area contributed by atoms with Crippen LogP contribution in [0, 0.1) is 6.92 Å². The van der Waals surface area contributed by atoms with Crippen molar-refractivity contribution in [2.45, 2.75) is 13.5 Å². The first-order valence-electron chi connectivity index (χ1n) is 7.71. The fourth-order valence-corrected chi connectivity index (χ4v) is 2.98. The Kier molecular flexibility index (Phi) is 6.92. The van der Waals surface area contributed by atoms with Crippen molar-refractivity contribution >= 4 is 11.6 Å². The molecule has 1 aliphatic heterocycles. The predicted octanol–water partition coefficient (Wildman–Crippen LogP) is 1.48. The van der Waals surface area contributed by atoms with Gasteiger partial charge in [0.25, 0.3) is 0 Å². The van der Waals surface area contributed by atoms with Gasteiger partial charge in [0.1, 0.15) is 5.75 Å². The van der Waals surface area contributed by atoms with Crippen LogP contribution in [0.3, 0.4) is 0 Å². The van der Waals surface area contributed by atoms with Gasteiger partial charge in [0.05, 0.1) is 19.8 Å². The number of phenols is 1. The molecule has 22 heavy (non-hydrogen) atoms. The van der Waals surface area contributed by atoms with E-state index in [-0.39, 0.29) is 6.61 Å². The van der Waals surface area contributed by atoms with Crippen LogP contribution in [0.2, 0.25) is 5.02 Å². The van der Waals surface area contributed by atoms with Gasteiger partial charge in [-0.3, -0.25) is 9.80 Å². The van der Waals surface area contributed by atoms with Crippen LogP contribution >= 0.6 is 11.6 Å². The van der Waals surface area contributed by atoms with Crippen molar-refractivity contribution in [3.8, 4) is 5.75 Å². The maximum absolute atomic E-state index is 10.2. The number of halogens is 1. The summed E-state index contributed by atoms with van der Waals surface area (Å²) < 4.78 is 5.35. The number of nitrogens with zero attached hydrogens (tertiary/aromatic N) is 2. The molecule has 1 heterocycles. The molecule has 0 radical (unpaired) electrons. The Bertz CT molecular complexity index is 479. The zero-order chi connectivity index (χ0) is 15.9. The first-order chi connectivity index (χ1) is 10.6. The van der Waals surface area contributed by atoms with E-state index in [1.807, 2.05) is 6.92 Å². The summed E-state index contributed by atoms with van der Waals surface area (Å²) in [6.07, 6.45) is 0. The van der Waals surface area contributed by atoms with Gasteiger partial charge in [-0.25, -0.2) is 0 Å². The lowest BCUT2D eigenvalue weighted by molar-refractivity contribution is 0.0320. The molecule has 0 aromatic heterocycles. The average Bonchev–Trinajstić information content (AvgIpc) is 2.51. The number of hydrogen-bond acceptors (Lipinski definition) is 5. The third-order valence-electron chi connectivity index (χ3n) is 3.99. The molecule has 0 bridgehead atoms. The fraction of sp³-hybridized carbons (Fsp3) is 0.625. The maximum atomic E-state index is 10.2. The second kappa shape index (κ2) is 8.70. The van der Waals surface area contributed by atoms with E-state index in [2.05, 4.69) is 9.80 Å². The van der Waals surface area contributed by atoms with Crippen molar-refractivity contribution in [2.75, 3.05) is 52.5 Å². The minimum absolute atomic E-state index is 0.101. The molecule has 0 atom stereocenters. The second-order valence-electron chi connectivity index (χ2n) is 5.68. The van der Waals surface area contributed by atoms with Gasteiger partial charge in [-0.2, -0.15) is 0 Å². The topological polar surface area (TPSA) is 56.2 Å². The van der Waals surface area contributed by atoms with E-state index >= 15 is 0 Å². The number of morpholine rings is 1. The molecule has 2 rings (SSSR count). The van der Waals surface area contributed by atoms with E-state index in [0.717, 1.165) is 50.5 Å². The van der Waals surface area contributed by atoms with Gasteiger partial charge in [0, 0.05) is 49.9 Å². The Morgan fingerprint density at radius 1 is 1.27 bits per heavy atom. The van der Waals surface area contributed by atoms with Crippen molar-refractivity contribution in [1.82, 2.24) is 9.80 Å². The molecule has 124 valence electrons. The van der Waals surface area contributed by atoms with Gasteiger partial charge in [0.2, 0.25) is 0 Å². The molecule has 5 nitrogen and oxygen atoms in total. The Morgan fingerprint density at radius 2 is 2.00 bits per heavy atom. The molecule has 0 aliphatic carbocycles. The molecule has 1 aromatic carbocycles. The van der Waals surface area contributed by atoms with E-state index < -0.39 is 0 Å². The first kappa shape index (κ1) is 17.5. The molecule has 1 aliphatic rings. The van der Waals surface area contributed by atoms with Crippen molar-refractivity contribution in [1.29, 1.82) is 0 Å². The molecule has 0 spiro atoms. The van der Waals surface area contributed by atoms with E-state index in [1.165, 1.54) is 0 Å². The highest BCUT2D eigenvalue weighted by Gasteiger charge is 2.15. The summed E-state index contributed by atoms with van der Waals surface area (Å²) in [6.45, 7) is 8.35. The monoisotopic (exact) mass is 328 g/mol. The third-order valence-corrected chi connectivity index (χ3v) is 4.21. The van der Waals surface area contributed by atoms with Crippen LogP contribution in [0.15, 0.2) is 12.1 Å². The van der Waals surface area contributed by atoms with E-state index in [4.69, 9.17) is 16.3 Å². The number of aliphatic hydroxyl groups is 1. The van der Waals surface area contributed by atoms with Crippen molar-refractivity contribution < 1.29 is 14.9 Å². The van der Waals surface area contributed by atoms with E-state index in [0.29, 0.717) is 23.9 Å².